The Morgan fingerprint density at radius 2 is 2.05 bits per heavy atom. The maximum atomic E-state index is 11.1. The van der Waals surface area contributed by atoms with Crippen molar-refractivity contribution in [2.75, 3.05) is 43.9 Å². The van der Waals surface area contributed by atoms with Gasteiger partial charge in [-0.05, 0) is 20.0 Å². The summed E-state index contributed by atoms with van der Waals surface area (Å²) in [6, 6.07) is 1.92. The van der Waals surface area contributed by atoms with Gasteiger partial charge in [0.1, 0.15) is 11.9 Å². The third-order valence-corrected chi connectivity index (χ3v) is 3.56. The number of hydrogen-bond acceptors (Lipinski definition) is 6. The number of rotatable bonds is 3. The summed E-state index contributed by atoms with van der Waals surface area (Å²) in [5.74, 6) is 0.580. The first-order valence-electron chi connectivity index (χ1n) is 6.83. The van der Waals surface area contributed by atoms with E-state index in [4.69, 9.17) is 10.5 Å². The summed E-state index contributed by atoms with van der Waals surface area (Å²) in [4.78, 5) is 20.0. The van der Waals surface area contributed by atoms with Gasteiger partial charge in [-0.1, -0.05) is 0 Å². The van der Waals surface area contributed by atoms with Crippen molar-refractivity contribution in [1.82, 2.24) is 9.88 Å². The average molecular weight is 278 g/mol. The van der Waals surface area contributed by atoms with Crippen molar-refractivity contribution in [3.63, 3.8) is 0 Å². The number of likely N-dealkylation sites (N-methyl/N-ethyl adjacent to an activating group) is 1. The number of nitrogens with zero attached hydrogens (tertiary/aromatic N) is 3. The van der Waals surface area contributed by atoms with Gasteiger partial charge in [0.15, 0.2) is 0 Å². The van der Waals surface area contributed by atoms with Crippen LogP contribution in [0.3, 0.4) is 0 Å². The van der Waals surface area contributed by atoms with E-state index in [1.807, 2.05) is 13.0 Å². The van der Waals surface area contributed by atoms with Crippen molar-refractivity contribution in [1.29, 1.82) is 0 Å². The molecule has 6 nitrogen and oxygen atoms in total. The standard InChI is InChI=1S/C14H22N4O2/c1-10(20-11(2)19)12-8-14(16-9-13(12)15)18-6-4-17(3)5-7-18/h8-10H,4-7,15H2,1-3H3. The van der Waals surface area contributed by atoms with Crippen LogP contribution in [0.25, 0.3) is 0 Å². The Balaban J connectivity index is 2.17. The van der Waals surface area contributed by atoms with Crippen LogP contribution < -0.4 is 10.6 Å². The zero-order valence-electron chi connectivity index (χ0n) is 12.3. The molecule has 2 heterocycles. The van der Waals surface area contributed by atoms with Gasteiger partial charge in [-0.15, -0.1) is 0 Å². The molecule has 0 bridgehead atoms. The molecule has 1 aliphatic heterocycles. The molecule has 1 atom stereocenters. The van der Waals surface area contributed by atoms with Gasteiger partial charge in [-0.25, -0.2) is 4.98 Å². The minimum absolute atomic E-state index is 0.310. The Morgan fingerprint density at radius 1 is 1.40 bits per heavy atom. The fourth-order valence-corrected chi connectivity index (χ4v) is 2.34. The predicted molar refractivity (Wildman–Crippen MR) is 78.5 cm³/mol. The minimum Gasteiger partial charge on any atom is -0.458 e. The maximum absolute atomic E-state index is 11.1. The molecule has 0 saturated carbocycles. The lowest BCUT2D eigenvalue weighted by Gasteiger charge is -2.33. The second-order valence-electron chi connectivity index (χ2n) is 5.21. The van der Waals surface area contributed by atoms with Crippen molar-refractivity contribution in [3.05, 3.63) is 17.8 Å². The molecule has 2 N–H and O–H groups in total. The van der Waals surface area contributed by atoms with Crippen molar-refractivity contribution in [2.24, 2.45) is 0 Å². The highest BCUT2D eigenvalue weighted by Gasteiger charge is 2.19. The van der Waals surface area contributed by atoms with Crippen LogP contribution in [0.5, 0.6) is 0 Å². The Morgan fingerprint density at radius 3 is 2.65 bits per heavy atom. The molecule has 1 unspecified atom stereocenters. The molecule has 0 amide bonds. The molecular weight excluding hydrogens is 256 g/mol. The van der Waals surface area contributed by atoms with Crippen molar-refractivity contribution in [3.8, 4) is 0 Å². The highest BCUT2D eigenvalue weighted by Crippen LogP contribution is 2.26. The molecule has 0 spiro atoms. The van der Waals surface area contributed by atoms with Gasteiger partial charge < -0.3 is 20.3 Å². The average Bonchev–Trinajstić information content (AvgIpc) is 2.39. The molecule has 1 aliphatic rings. The molecule has 0 radical (unpaired) electrons. The molecule has 20 heavy (non-hydrogen) atoms. The fraction of sp³-hybridized carbons (Fsp3) is 0.571. The van der Waals surface area contributed by atoms with Crippen LogP contribution in [0.15, 0.2) is 12.3 Å². The Hall–Kier alpha value is -1.82. The van der Waals surface area contributed by atoms with E-state index in [0.29, 0.717) is 5.69 Å². The quantitative estimate of drug-likeness (QED) is 0.833. The summed E-state index contributed by atoms with van der Waals surface area (Å²) in [7, 11) is 2.11. The van der Waals surface area contributed by atoms with Crippen molar-refractivity contribution < 1.29 is 9.53 Å². The van der Waals surface area contributed by atoms with E-state index in [1.54, 1.807) is 6.20 Å². The van der Waals surface area contributed by atoms with Crippen molar-refractivity contribution >= 4 is 17.5 Å². The van der Waals surface area contributed by atoms with Gasteiger partial charge in [-0.3, -0.25) is 4.79 Å². The number of aromatic nitrogens is 1. The van der Waals surface area contributed by atoms with E-state index in [2.05, 4.69) is 21.8 Å². The minimum atomic E-state index is -0.360. The Bertz CT molecular complexity index is 484. The van der Waals surface area contributed by atoms with Gasteiger partial charge in [0.2, 0.25) is 0 Å². The van der Waals surface area contributed by atoms with Gasteiger partial charge >= 0.3 is 5.97 Å². The zero-order chi connectivity index (χ0) is 14.7. The molecule has 1 saturated heterocycles. The van der Waals surface area contributed by atoms with Crippen LogP contribution in [0.4, 0.5) is 11.5 Å². The predicted octanol–water partition coefficient (Wildman–Crippen LogP) is 1.04. The zero-order valence-corrected chi connectivity index (χ0v) is 12.3. The SMILES string of the molecule is CC(=O)OC(C)c1cc(N2CCN(C)CC2)ncc1N. The van der Waals surface area contributed by atoms with Crippen LogP contribution in [0.2, 0.25) is 0 Å². The lowest BCUT2D eigenvalue weighted by Crippen LogP contribution is -2.44. The molecule has 110 valence electrons. The number of ether oxygens (including phenoxy) is 1. The summed E-state index contributed by atoms with van der Waals surface area (Å²) in [5, 5.41) is 0. The third-order valence-electron chi connectivity index (χ3n) is 3.56. The van der Waals surface area contributed by atoms with E-state index < -0.39 is 0 Å². The lowest BCUT2D eigenvalue weighted by molar-refractivity contribution is -0.145. The third kappa shape index (κ3) is 3.39. The molecule has 2 rings (SSSR count). The second kappa shape index (κ2) is 6.09. The smallest absolute Gasteiger partial charge is 0.303 e. The van der Waals surface area contributed by atoms with E-state index in [-0.39, 0.29) is 12.1 Å². The first kappa shape index (κ1) is 14.6. The van der Waals surface area contributed by atoms with E-state index >= 15 is 0 Å². The summed E-state index contributed by atoms with van der Waals surface area (Å²) >= 11 is 0. The summed E-state index contributed by atoms with van der Waals surface area (Å²) in [6.45, 7) is 7.13. The largest absolute Gasteiger partial charge is 0.458 e. The number of hydrogen-bond donors (Lipinski definition) is 1. The number of nitrogen functional groups attached to an aromatic ring is 1. The molecule has 1 aromatic heterocycles. The van der Waals surface area contributed by atoms with Gasteiger partial charge in [0, 0.05) is 38.7 Å². The molecule has 1 fully saturated rings. The van der Waals surface area contributed by atoms with Gasteiger partial charge in [0.25, 0.3) is 0 Å². The molecule has 1 aromatic rings. The molecule has 0 aromatic carbocycles. The van der Waals surface area contributed by atoms with Crippen LogP contribution in [-0.2, 0) is 9.53 Å². The highest BCUT2D eigenvalue weighted by atomic mass is 16.5. The summed E-state index contributed by atoms with van der Waals surface area (Å²) < 4.78 is 5.20. The van der Waals surface area contributed by atoms with Gasteiger partial charge in [0.05, 0.1) is 11.9 Å². The number of carbonyl (C=O) groups is 1. The maximum Gasteiger partial charge on any atom is 0.303 e. The van der Waals surface area contributed by atoms with E-state index in [0.717, 1.165) is 37.6 Å². The van der Waals surface area contributed by atoms with Crippen LogP contribution in [-0.4, -0.2) is 49.1 Å². The van der Waals surface area contributed by atoms with E-state index in [9.17, 15) is 4.79 Å². The van der Waals surface area contributed by atoms with Crippen LogP contribution in [0.1, 0.15) is 25.5 Å². The number of pyridine rings is 1. The molecule has 6 heteroatoms. The second-order valence-corrected chi connectivity index (χ2v) is 5.21. The number of anilines is 2. The first-order chi connectivity index (χ1) is 9.47. The number of carbonyl (C=O) groups excluding carboxylic acids is 1. The molecule has 0 aliphatic carbocycles. The first-order valence-corrected chi connectivity index (χ1v) is 6.83. The highest BCUT2D eigenvalue weighted by molar-refractivity contribution is 5.67. The van der Waals surface area contributed by atoms with Crippen molar-refractivity contribution in [2.45, 2.75) is 20.0 Å². The van der Waals surface area contributed by atoms with Crippen LogP contribution in [0, 0.1) is 0 Å². The number of esters is 1. The van der Waals surface area contributed by atoms with E-state index in [1.165, 1.54) is 6.92 Å². The monoisotopic (exact) mass is 278 g/mol. The van der Waals surface area contributed by atoms with Crippen LogP contribution >= 0.6 is 0 Å². The summed E-state index contributed by atoms with van der Waals surface area (Å²) in [6.07, 6.45) is 1.28. The van der Waals surface area contributed by atoms with Gasteiger partial charge in [-0.2, -0.15) is 0 Å². The number of nitrogens with two attached hydrogens (primary N) is 1. The normalized spacial score (nSPS) is 17.9. The summed E-state index contributed by atoms with van der Waals surface area (Å²) in [5.41, 5.74) is 7.30. The Kier molecular flexibility index (Phi) is 4.44. The number of piperazine rings is 1. The Labute approximate surface area is 119 Å². The molecular formula is C14H22N4O2. The topological polar surface area (TPSA) is 71.7 Å². The lowest BCUT2D eigenvalue weighted by atomic mass is 10.1. The fourth-order valence-electron chi connectivity index (χ4n) is 2.34.